The number of aliphatic hydroxyl groups is 1. The zero-order valence-corrected chi connectivity index (χ0v) is 12.2. The van der Waals surface area contributed by atoms with E-state index in [1.807, 2.05) is 55.5 Å². The van der Waals surface area contributed by atoms with Crippen molar-refractivity contribution in [2.45, 2.75) is 19.6 Å². The van der Waals surface area contributed by atoms with Crippen molar-refractivity contribution in [2.75, 3.05) is 13.2 Å². The van der Waals surface area contributed by atoms with Crippen molar-refractivity contribution in [3.8, 4) is 11.5 Å². The molecule has 0 aromatic heterocycles. The summed E-state index contributed by atoms with van der Waals surface area (Å²) in [7, 11) is 0. The minimum atomic E-state index is -0.664. The molecule has 21 heavy (non-hydrogen) atoms. The molecule has 112 valence electrons. The van der Waals surface area contributed by atoms with Gasteiger partial charge >= 0.3 is 0 Å². The lowest BCUT2D eigenvalue weighted by Gasteiger charge is -2.13. The lowest BCUT2D eigenvalue weighted by Crippen LogP contribution is -2.10. The van der Waals surface area contributed by atoms with Crippen molar-refractivity contribution in [1.29, 1.82) is 0 Å². The summed E-state index contributed by atoms with van der Waals surface area (Å²) in [4.78, 5) is 0. The van der Waals surface area contributed by atoms with Crippen LogP contribution in [0, 0.1) is 0 Å². The summed E-state index contributed by atoms with van der Waals surface area (Å²) < 4.78 is 10.9. The van der Waals surface area contributed by atoms with Gasteiger partial charge in [0.05, 0.1) is 6.61 Å². The van der Waals surface area contributed by atoms with E-state index < -0.39 is 6.10 Å². The summed E-state index contributed by atoms with van der Waals surface area (Å²) in [5, 5.41) is 10.1. The van der Waals surface area contributed by atoms with Crippen LogP contribution in [0.3, 0.4) is 0 Å². The molecular weight excluding hydrogens is 266 g/mol. The predicted octanol–water partition coefficient (Wildman–Crippen LogP) is 2.66. The van der Waals surface area contributed by atoms with Crippen LogP contribution in [-0.4, -0.2) is 18.3 Å². The van der Waals surface area contributed by atoms with Crippen LogP contribution in [0.1, 0.15) is 24.2 Å². The normalized spacial score (nSPS) is 12.0. The monoisotopic (exact) mass is 287 g/mol. The highest BCUT2D eigenvalue weighted by atomic mass is 16.5. The number of hydrogen-bond donors (Lipinski definition) is 2. The summed E-state index contributed by atoms with van der Waals surface area (Å²) in [6.07, 6.45) is -0.664. The minimum Gasteiger partial charge on any atom is -0.494 e. The van der Waals surface area contributed by atoms with Crippen LogP contribution in [0.2, 0.25) is 0 Å². The van der Waals surface area contributed by atoms with Gasteiger partial charge in [0, 0.05) is 6.54 Å². The Hall–Kier alpha value is -2.04. The average molecular weight is 287 g/mol. The molecule has 0 saturated carbocycles. The summed E-state index contributed by atoms with van der Waals surface area (Å²) in [6.45, 7) is 3.28. The van der Waals surface area contributed by atoms with Gasteiger partial charge in [-0.05, 0) is 42.3 Å². The number of hydrogen-bond acceptors (Lipinski definition) is 4. The molecule has 0 spiro atoms. The number of aliphatic hydroxyl groups excluding tert-OH is 1. The fourth-order valence-corrected chi connectivity index (χ4v) is 1.95. The van der Waals surface area contributed by atoms with Gasteiger partial charge in [-0.3, -0.25) is 0 Å². The van der Waals surface area contributed by atoms with Gasteiger partial charge in [-0.25, -0.2) is 0 Å². The third-order valence-corrected chi connectivity index (χ3v) is 3.14. The second kappa shape index (κ2) is 7.67. The third-order valence-electron chi connectivity index (χ3n) is 3.14. The standard InChI is InChI=1S/C17H21NO3/c1-2-20-15-7-9-16(10-8-15)21-12-17(19)14-5-3-13(11-18)4-6-14/h3-10,17,19H,2,11-12,18H2,1H3. The van der Waals surface area contributed by atoms with Crippen LogP contribution in [0.25, 0.3) is 0 Å². The van der Waals surface area contributed by atoms with Crippen molar-refractivity contribution in [2.24, 2.45) is 5.73 Å². The van der Waals surface area contributed by atoms with Gasteiger partial charge in [0.2, 0.25) is 0 Å². The topological polar surface area (TPSA) is 64.7 Å². The first-order chi connectivity index (χ1) is 10.2. The quantitative estimate of drug-likeness (QED) is 0.821. The Morgan fingerprint density at radius 1 is 0.952 bits per heavy atom. The van der Waals surface area contributed by atoms with E-state index in [4.69, 9.17) is 15.2 Å². The van der Waals surface area contributed by atoms with Crippen LogP contribution in [-0.2, 0) is 6.54 Å². The first kappa shape index (κ1) is 15.4. The lowest BCUT2D eigenvalue weighted by atomic mass is 10.1. The molecular formula is C17H21NO3. The van der Waals surface area contributed by atoms with E-state index in [9.17, 15) is 5.11 Å². The molecule has 0 saturated heterocycles. The maximum atomic E-state index is 10.1. The molecule has 4 heteroatoms. The van der Waals surface area contributed by atoms with E-state index in [2.05, 4.69) is 0 Å². The Kier molecular flexibility index (Phi) is 5.60. The minimum absolute atomic E-state index is 0.204. The number of benzene rings is 2. The molecule has 3 N–H and O–H groups in total. The van der Waals surface area contributed by atoms with E-state index in [-0.39, 0.29) is 6.61 Å². The Morgan fingerprint density at radius 2 is 1.52 bits per heavy atom. The molecule has 0 bridgehead atoms. The Bertz CT molecular complexity index is 537. The predicted molar refractivity (Wildman–Crippen MR) is 82.4 cm³/mol. The van der Waals surface area contributed by atoms with Gasteiger partial charge in [0.1, 0.15) is 24.2 Å². The number of rotatable bonds is 7. The van der Waals surface area contributed by atoms with E-state index >= 15 is 0 Å². The SMILES string of the molecule is CCOc1ccc(OCC(O)c2ccc(CN)cc2)cc1. The van der Waals surface area contributed by atoms with Gasteiger partial charge in [-0.1, -0.05) is 24.3 Å². The Morgan fingerprint density at radius 3 is 2.05 bits per heavy atom. The third kappa shape index (κ3) is 4.48. The first-order valence-corrected chi connectivity index (χ1v) is 7.05. The van der Waals surface area contributed by atoms with Gasteiger partial charge in [0.15, 0.2) is 0 Å². The summed E-state index contributed by atoms with van der Waals surface area (Å²) in [5.41, 5.74) is 7.40. The first-order valence-electron chi connectivity index (χ1n) is 7.05. The molecule has 1 unspecified atom stereocenters. The largest absolute Gasteiger partial charge is 0.494 e. The molecule has 0 heterocycles. The second-order valence-electron chi connectivity index (χ2n) is 4.68. The highest BCUT2D eigenvalue weighted by Crippen LogP contribution is 2.20. The zero-order valence-electron chi connectivity index (χ0n) is 12.2. The van der Waals surface area contributed by atoms with Crippen molar-refractivity contribution in [3.63, 3.8) is 0 Å². The van der Waals surface area contributed by atoms with E-state index in [0.29, 0.717) is 18.9 Å². The lowest BCUT2D eigenvalue weighted by molar-refractivity contribution is 0.108. The highest BCUT2D eigenvalue weighted by Gasteiger charge is 2.08. The Labute approximate surface area is 125 Å². The van der Waals surface area contributed by atoms with E-state index in [1.165, 1.54) is 0 Å². The zero-order chi connectivity index (χ0) is 15.1. The van der Waals surface area contributed by atoms with Crippen molar-refractivity contribution < 1.29 is 14.6 Å². The molecule has 2 aromatic rings. The van der Waals surface area contributed by atoms with Gasteiger partial charge in [-0.2, -0.15) is 0 Å². The van der Waals surface area contributed by atoms with E-state index in [1.54, 1.807) is 0 Å². The molecule has 2 aromatic carbocycles. The van der Waals surface area contributed by atoms with Crippen molar-refractivity contribution in [1.82, 2.24) is 0 Å². The van der Waals surface area contributed by atoms with Gasteiger partial charge < -0.3 is 20.3 Å². The molecule has 0 fully saturated rings. The van der Waals surface area contributed by atoms with Crippen molar-refractivity contribution in [3.05, 3.63) is 59.7 Å². The number of nitrogens with two attached hydrogens (primary N) is 1. The number of ether oxygens (including phenoxy) is 2. The Balaban J connectivity index is 1.88. The maximum Gasteiger partial charge on any atom is 0.119 e. The maximum absolute atomic E-state index is 10.1. The summed E-state index contributed by atoms with van der Waals surface area (Å²) >= 11 is 0. The molecule has 0 aliphatic carbocycles. The second-order valence-corrected chi connectivity index (χ2v) is 4.68. The van der Waals surface area contributed by atoms with Crippen LogP contribution < -0.4 is 15.2 Å². The van der Waals surface area contributed by atoms with E-state index in [0.717, 1.165) is 16.9 Å². The molecule has 0 aliphatic heterocycles. The summed E-state index contributed by atoms with van der Waals surface area (Å²) in [6, 6.07) is 14.9. The molecule has 4 nitrogen and oxygen atoms in total. The molecule has 2 rings (SSSR count). The summed E-state index contributed by atoms with van der Waals surface area (Å²) in [5.74, 6) is 1.51. The van der Waals surface area contributed by atoms with Gasteiger partial charge in [0.25, 0.3) is 0 Å². The highest BCUT2D eigenvalue weighted by molar-refractivity contribution is 5.31. The van der Waals surface area contributed by atoms with Crippen LogP contribution >= 0.6 is 0 Å². The smallest absolute Gasteiger partial charge is 0.119 e. The molecule has 0 aliphatic rings. The molecule has 1 atom stereocenters. The molecule has 0 radical (unpaired) electrons. The fraction of sp³-hybridized carbons (Fsp3) is 0.294. The van der Waals surface area contributed by atoms with Gasteiger partial charge in [-0.15, -0.1) is 0 Å². The van der Waals surface area contributed by atoms with Crippen LogP contribution in [0.5, 0.6) is 11.5 Å². The van der Waals surface area contributed by atoms with Crippen LogP contribution in [0.4, 0.5) is 0 Å². The molecule has 0 amide bonds. The fourth-order valence-electron chi connectivity index (χ4n) is 1.95. The average Bonchev–Trinajstić information content (AvgIpc) is 2.54. The van der Waals surface area contributed by atoms with Crippen molar-refractivity contribution >= 4 is 0 Å². The van der Waals surface area contributed by atoms with Crippen LogP contribution in [0.15, 0.2) is 48.5 Å².